The van der Waals surface area contributed by atoms with Crippen LogP contribution in [0.3, 0.4) is 0 Å². The molecule has 1 aromatic carbocycles. The number of fused-ring (bicyclic) bond motifs is 3. The fourth-order valence-corrected chi connectivity index (χ4v) is 5.23. The standard InChI is InChI=1S/C22H26N4O3S/c1-25(2)14-4-6-15(7-5-14)28-20-19-17-12-16(29-22(27)26-10-3-11-26)8-9-18(17)30-21(19)24-13-23-20/h8-9,12-15H,3-7,10-11H2,1-2H3. The van der Waals surface area contributed by atoms with Gasteiger partial charge in [0.1, 0.15) is 23.0 Å². The lowest BCUT2D eigenvalue weighted by atomic mass is 9.92. The van der Waals surface area contributed by atoms with E-state index in [9.17, 15) is 4.79 Å². The van der Waals surface area contributed by atoms with Gasteiger partial charge in [-0.1, -0.05) is 0 Å². The van der Waals surface area contributed by atoms with Crippen molar-refractivity contribution in [1.82, 2.24) is 19.8 Å². The second-order valence-corrected chi connectivity index (χ2v) is 9.37. The molecule has 1 aliphatic heterocycles. The number of hydrogen-bond donors (Lipinski definition) is 0. The predicted molar refractivity (Wildman–Crippen MR) is 117 cm³/mol. The molecule has 2 fully saturated rings. The zero-order valence-corrected chi connectivity index (χ0v) is 18.2. The van der Waals surface area contributed by atoms with Crippen LogP contribution in [-0.4, -0.2) is 65.2 Å². The summed E-state index contributed by atoms with van der Waals surface area (Å²) in [6.45, 7) is 1.54. The lowest BCUT2D eigenvalue weighted by molar-refractivity contribution is 0.108. The van der Waals surface area contributed by atoms with Crippen molar-refractivity contribution in [3.8, 4) is 11.6 Å². The number of aromatic nitrogens is 2. The average Bonchev–Trinajstić information content (AvgIpc) is 3.06. The third kappa shape index (κ3) is 3.70. The molecule has 1 amide bonds. The van der Waals surface area contributed by atoms with Gasteiger partial charge in [0.2, 0.25) is 5.88 Å². The molecule has 7 nitrogen and oxygen atoms in total. The molecule has 0 spiro atoms. The smallest absolute Gasteiger partial charge is 0.415 e. The molecule has 3 heterocycles. The van der Waals surface area contributed by atoms with Gasteiger partial charge < -0.3 is 19.3 Å². The average molecular weight is 427 g/mol. The van der Waals surface area contributed by atoms with Crippen LogP contribution in [0.2, 0.25) is 0 Å². The van der Waals surface area contributed by atoms with E-state index in [4.69, 9.17) is 9.47 Å². The predicted octanol–water partition coefficient (Wildman–Crippen LogP) is 4.30. The molecule has 2 aromatic heterocycles. The first-order valence-corrected chi connectivity index (χ1v) is 11.4. The lowest BCUT2D eigenvalue weighted by Crippen LogP contribution is -2.43. The van der Waals surface area contributed by atoms with Crippen molar-refractivity contribution in [3.05, 3.63) is 24.5 Å². The van der Waals surface area contributed by atoms with Gasteiger partial charge in [-0.3, -0.25) is 0 Å². The minimum absolute atomic E-state index is 0.168. The van der Waals surface area contributed by atoms with Crippen molar-refractivity contribution in [2.45, 2.75) is 44.2 Å². The van der Waals surface area contributed by atoms with Gasteiger partial charge in [-0.2, -0.15) is 0 Å². The topological polar surface area (TPSA) is 67.8 Å². The maximum absolute atomic E-state index is 12.2. The Hall–Kier alpha value is -2.45. The highest BCUT2D eigenvalue weighted by molar-refractivity contribution is 7.25. The van der Waals surface area contributed by atoms with Crippen LogP contribution in [0.15, 0.2) is 24.5 Å². The molecule has 0 N–H and O–H groups in total. The summed E-state index contributed by atoms with van der Waals surface area (Å²) in [5.74, 6) is 1.17. The van der Waals surface area contributed by atoms with E-state index in [1.54, 1.807) is 22.6 Å². The van der Waals surface area contributed by atoms with Crippen LogP contribution in [-0.2, 0) is 0 Å². The summed E-state index contributed by atoms with van der Waals surface area (Å²) in [6.07, 6.45) is 6.80. The van der Waals surface area contributed by atoms with Gasteiger partial charge in [-0.25, -0.2) is 14.8 Å². The second-order valence-electron chi connectivity index (χ2n) is 8.34. The van der Waals surface area contributed by atoms with Crippen molar-refractivity contribution in [3.63, 3.8) is 0 Å². The number of thiophene rings is 1. The molecule has 2 aliphatic rings. The number of amides is 1. The van der Waals surface area contributed by atoms with Gasteiger partial charge in [0.15, 0.2) is 0 Å². The first-order chi connectivity index (χ1) is 14.6. The number of carbonyl (C=O) groups is 1. The SMILES string of the molecule is CN(C)C1CCC(Oc2ncnc3sc4ccc(OC(=O)N5CCC5)cc4c23)CC1. The molecular formula is C22H26N4O3S. The Morgan fingerprint density at radius 2 is 1.97 bits per heavy atom. The largest absolute Gasteiger partial charge is 0.474 e. The molecule has 3 aromatic rings. The van der Waals surface area contributed by atoms with E-state index in [1.807, 2.05) is 18.2 Å². The van der Waals surface area contributed by atoms with Gasteiger partial charge in [-0.05, 0) is 64.4 Å². The zero-order chi connectivity index (χ0) is 20.7. The quantitative estimate of drug-likeness (QED) is 0.620. The summed E-state index contributed by atoms with van der Waals surface area (Å²) < 4.78 is 13.0. The summed E-state index contributed by atoms with van der Waals surface area (Å²) in [4.78, 5) is 26.0. The maximum Gasteiger partial charge on any atom is 0.415 e. The highest BCUT2D eigenvalue weighted by atomic mass is 32.1. The van der Waals surface area contributed by atoms with Crippen LogP contribution in [0.4, 0.5) is 4.79 Å². The van der Waals surface area contributed by atoms with E-state index in [-0.39, 0.29) is 12.2 Å². The van der Waals surface area contributed by atoms with Gasteiger partial charge in [0, 0.05) is 29.2 Å². The minimum Gasteiger partial charge on any atom is -0.474 e. The van der Waals surface area contributed by atoms with E-state index in [0.717, 1.165) is 65.5 Å². The molecule has 1 saturated heterocycles. The Morgan fingerprint density at radius 1 is 1.17 bits per heavy atom. The molecule has 0 atom stereocenters. The normalized spacial score (nSPS) is 21.8. The van der Waals surface area contributed by atoms with Crippen molar-refractivity contribution < 1.29 is 14.3 Å². The molecule has 0 bridgehead atoms. The highest BCUT2D eigenvalue weighted by Gasteiger charge is 2.26. The van der Waals surface area contributed by atoms with Crippen LogP contribution in [0.5, 0.6) is 11.6 Å². The van der Waals surface area contributed by atoms with Crippen molar-refractivity contribution in [2.75, 3.05) is 27.2 Å². The van der Waals surface area contributed by atoms with Crippen LogP contribution in [0, 0.1) is 0 Å². The van der Waals surface area contributed by atoms with Crippen LogP contribution < -0.4 is 9.47 Å². The fourth-order valence-electron chi connectivity index (χ4n) is 4.21. The molecule has 5 rings (SSSR count). The summed E-state index contributed by atoms with van der Waals surface area (Å²) in [7, 11) is 4.29. The summed E-state index contributed by atoms with van der Waals surface area (Å²) in [6, 6.07) is 6.35. The molecular weight excluding hydrogens is 400 g/mol. The Balaban J connectivity index is 1.41. The molecule has 30 heavy (non-hydrogen) atoms. The second kappa shape index (κ2) is 8.00. The number of ether oxygens (including phenoxy) is 2. The lowest BCUT2D eigenvalue weighted by Gasteiger charge is -2.32. The summed E-state index contributed by atoms with van der Waals surface area (Å²) >= 11 is 1.60. The van der Waals surface area contributed by atoms with Gasteiger partial charge >= 0.3 is 6.09 Å². The Bertz CT molecular complexity index is 1070. The molecule has 0 radical (unpaired) electrons. The Morgan fingerprint density at radius 3 is 2.67 bits per heavy atom. The maximum atomic E-state index is 12.2. The van der Waals surface area contributed by atoms with Gasteiger partial charge in [0.05, 0.1) is 5.39 Å². The summed E-state index contributed by atoms with van der Waals surface area (Å²) in [5.41, 5.74) is 0. The van der Waals surface area contributed by atoms with E-state index in [1.165, 1.54) is 0 Å². The van der Waals surface area contributed by atoms with Crippen molar-refractivity contribution in [1.29, 1.82) is 0 Å². The number of rotatable bonds is 4. The number of hydrogen-bond acceptors (Lipinski definition) is 7. The first kappa shape index (κ1) is 19.5. The van der Waals surface area contributed by atoms with Crippen LogP contribution in [0.25, 0.3) is 20.3 Å². The molecule has 0 unspecified atom stereocenters. The Labute approximate surface area is 179 Å². The number of carbonyl (C=O) groups excluding carboxylic acids is 1. The molecule has 158 valence electrons. The van der Waals surface area contributed by atoms with Gasteiger partial charge in [-0.15, -0.1) is 11.3 Å². The van der Waals surface area contributed by atoms with Gasteiger partial charge in [0.25, 0.3) is 0 Å². The molecule has 1 saturated carbocycles. The van der Waals surface area contributed by atoms with Crippen LogP contribution >= 0.6 is 11.3 Å². The third-order valence-electron chi connectivity index (χ3n) is 6.18. The van der Waals surface area contributed by atoms with E-state index < -0.39 is 0 Å². The summed E-state index contributed by atoms with van der Waals surface area (Å²) in [5, 5.41) is 1.88. The van der Waals surface area contributed by atoms with E-state index in [0.29, 0.717) is 17.7 Å². The number of likely N-dealkylation sites (tertiary alicyclic amines) is 1. The molecule has 8 heteroatoms. The van der Waals surface area contributed by atoms with Crippen LogP contribution in [0.1, 0.15) is 32.1 Å². The highest BCUT2D eigenvalue weighted by Crippen LogP contribution is 2.39. The third-order valence-corrected chi connectivity index (χ3v) is 7.26. The number of nitrogens with zero attached hydrogens (tertiary/aromatic N) is 4. The Kier molecular flexibility index (Phi) is 5.20. The van der Waals surface area contributed by atoms with Crippen molar-refractivity contribution >= 4 is 37.7 Å². The number of benzene rings is 1. The minimum atomic E-state index is -0.287. The monoisotopic (exact) mass is 426 g/mol. The zero-order valence-electron chi connectivity index (χ0n) is 17.3. The first-order valence-electron chi connectivity index (χ1n) is 10.6. The van der Waals surface area contributed by atoms with E-state index in [2.05, 4.69) is 29.0 Å². The van der Waals surface area contributed by atoms with Crippen molar-refractivity contribution in [2.24, 2.45) is 0 Å². The molecule has 1 aliphatic carbocycles. The fraction of sp³-hybridized carbons (Fsp3) is 0.500. The van der Waals surface area contributed by atoms with E-state index >= 15 is 0 Å².